The monoisotopic (exact) mass is 296 g/mol. The Hall–Kier alpha value is -0.770. The van der Waals surface area contributed by atoms with Gasteiger partial charge in [0.15, 0.2) is 0 Å². The summed E-state index contributed by atoms with van der Waals surface area (Å²) in [7, 11) is 0. The number of benzene rings is 1. The van der Waals surface area contributed by atoms with Crippen molar-refractivity contribution in [2.75, 3.05) is 31.2 Å². The summed E-state index contributed by atoms with van der Waals surface area (Å²) in [5.74, 6) is 0. The topological polar surface area (TPSA) is 24.5 Å². The highest BCUT2D eigenvalue weighted by Crippen LogP contribution is 2.25. The molecule has 4 heteroatoms. The largest absolute Gasteiger partial charge is 0.380 e. The van der Waals surface area contributed by atoms with E-state index in [2.05, 4.69) is 35.3 Å². The van der Waals surface area contributed by atoms with Crippen molar-refractivity contribution in [3.8, 4) is 0 Å². The Morgan fingerprint density at radius 2 is 2.15 bits per heavy atom. The van der Waals surface area contributed by atoms with Gasteiger partial charge in [-0.1, -0.05) is 17.7 Å². The molecule has 0 amide bonds. The molecule has 0 saturated heterocycles. The summed E-state index contributed by atoms with van der Waals surface area (Å²) in [5.41, 5.74) is 2.36. The Morgan fingerprint density at radius 1 is 1.35 bits per heavy atom. The molecule has 2 rings (SSSR count). The van der Waals surface area contributed by atoms with Gasteiger partial charge in [0, 0.05) is 43.0 Å². The zero-order chi connectivity index (χ0) is 14.4. The lowest BCUT2D eigenvalue weighted by atomic mass is 10.2. The molecule has 0 heterocycles. The highest BCUT2D eigenvalue weighted by molar-refractivity contribution is 6.31. The van der Waals surface area contributed by atoms with Crippen LogP contribution in [0.1, 0.15) is 32.3 Å². The van der Waals surface area contributed by atoms with Gasteiger partial charge in [-0.15, -0.1) is 0 Å². The fourth-order valence-corrected chi connectivity index (χ4v) is 2.45. The maximum absolute atomic E-state index is 6.40. The number of hydrogen-bond acceptors (Lipinski definition) is 3. The van der Waals surface area contributed by atoms with Crippen LogP contribution in [0.25, 0.3) is 0 Å². The minimum absolute atomic E-state index is 0.712. The molecule has 112 valence electrons. The second kappa shape index (κ2) is 7.87. The molecule has 0 radical (unpaired) electrons. The lowest BCUT2D eigenvalue weighted by Crippen LogP contribution is -2.27. The fraction of sp³-hybridized carbons (Fsp3) is 0.625. The van der Waals surface area contributed by atoms with Crippen LogP contribution >= 0.6 is 11.6 Å². The first-order valence-electron chi connectivity index (χ1n) is 7.59. The smallest absolute Gasteiger partial charge is 0.0641 e. The SMILES string of the molecule is CCOCCN(CC)c1ccc(CNC2CC2)c(Cl)c1. The van der Waals surface area contributed by atoms with Crippen LogP contribution in [0.4, 0.5) is 5.69 Å². The van der Waals surface area contributed by atoms with Gasteiger partial charge in [0.25, 0.3) is 0 Å². The van der Waals surface area contributed by atoms with E-state index in [0.29, 0.717) is 6.04 Å². The molecular formula is C16H25ClN2O. The van der Waals surface area contributed by atoms with Crippen molar-refractivity contribution < 1.29 is 4.74 Å². The predicted octanol–water partition coefficient (Wildman–Crippen LogP) is 3.45. The maximum Gasteiger partial charge on any atom is 0.0641 e. The molecule has 1 fully saturated rings. The van der Waals surface area contributed by atoms with E-state index in [4.69, 9.17) is 16.3 Å². The van der Waals surface area contributed by atoms with Gasteiger partial charge in [-0.05, 0) is 44.4 Å². The van der Waals surface area contributed by atoms with Crippen LogP contribution in [0.5, 0.6) is 0 Å². The molecular weight excluding hydrogens is 272 g/mol. The van der Waals surface area contributed by atoms with Crippen molar-refractivity contribution in [3.05, 3.63) is 28.8 Å². The Labute approximate surface area is 127 Å². The normalized spacial score (nSPS) is 14.6. The lowest BCUT2D eigenvalue weighted by molar-refractivity contribution is 0.154. The number of likely N-dealkylation sites (N-methyl/N-ethyl adjacent to an activating group) is 1. The molecule has 0 unspecified atom stereocenters. The second-order valence-electron chi connectivity index (χ2n) is 5.21. The zero-order valence-corrected chi connectivity index (χ0v) is 13.2. The minimum atomic E-state index is 0.712. The maximum atomic E-state index is 6.40. The Kier molecular flexibility index (Phi) is 6.14. The molecule has 0 aromatic heterocycles. The molecule has 20 heavy (non-hydrogen) atoms. The average Bonchev–Trinajstić information content (AvgIpc) is 3.26. The van der Waals surface area contributed by atoms with E-state index in [-0.39, 0.29) is 0 Å². The van der Waals surface area contributed by atoms with Crippen LogP contribution in [0.2, 0.25) is 5.02 Å². The van der Waals surface area contributed by atoms with Crippen LogP contribution in [-0.4, -0.2) is 32.3 Å². The third-order valence-electron chi connectivity index (χ3n) is 3.65. The van der Waals surface area contributed by atoms with Crippen molar-refractivity contribution in [2.45, 2.75) is 39.3 Å². The average molecular weight is 297 g/mol. The molecule has 1 N–H and O–H groups in total. The van der Waals surface area contributed by atoms with Gasteiger partial charge >= 0.3 is 0 Å². The molecule has 0 bridgehead atoms. The minimum Gasteiger partial charge on any atom is -0.380 e. The summed E-state index contributed by atoms with van der Waals surface area (Å²) in [6.45, 7) is 8.44. The Balaban J connectivity index is 1.94. The standard InChI is InChI=1S/C16H25ClN2O/c1-3-19(9-10-20-4-2)15-8-5-13(16(17)11-15)12-18-14-6-7-14/h5,8,11,14,18H,3-4,6-7,9-10,12H2,1-2H3. The zero-order valence-electron chi connectivity index (χ0n) is 12.5. The van der Waals surface area contributed by atoms with Crippen LogP contribution in [0.15, 0.2) is 18.2 Å². The molecule has 3 nitrogen and oxygen atoms in total. The Morgan fingerprint density at radius 3 is 2.75 bits per heavy atom. The van der Waals surface area contributed by atoms with E-state index in [9.17, 15) is 0 Å². The van der Waals surface area contributed by atoms with Gasteiger partial charge in [0.05, 0.1) is 6.61 Å². The summed E-state index contributed by atoms with van der Waals surface area (Å²) < 4.78 is 5.43. The number of rotatable bonds is 9. The molecule has 1 aromatic carbocycles. The van der Waals surface area contributed by atoms with Gasteiger partial charge in [-0.25, -0.2) is 0 Å². The summed E-state index contributed by atoms with van der Waals surface area (Å²) in [5, 5.41) is 4.35. The van der Waals surface area contributed by atoms with Gasteiger partial charge in [0.1, 0.15) is 0 Å². The van der Waals surface area contributed by atoms with Gasteiger partial charge in [-0.2, -0.15) is 0 Å². The summed E-state index contributed by atoms with van der Waals surface area (Å²) in [6.07, 6.45) is 2.60. The summed E-state index contributed by atoms with van der Waals surface area (Å²) >= 11 is 6.40. The number of hydrogen-bond donors (Lipinski definition) is 1. The number of ether oxygens (including phenoxy) is 1. The molecule has 1 aliphatic carbocycles. The third-order valence-corrected chi connectivity index (χ3v) is 4.00. The third kappa shape index (κ3) is 4.65. The van der Waals surface area contributed by atoms with Gasteiger partial charge in [0.2, 0.25) is 0 Å². The van der Waals surface area contributed by atoms with Gasteiger partial charge in [-0.3, -0.25) is 0 Å². The number of nitrogens with zero attached hydrogens (tertiary/aromatic N) is 1. The Bertz CT molecular complexity index is 421. The van der Waals surface area contributed by atoms with E-state index < -0.39 is 0 Å². The van der Waals surface area contributed by atoms with Crippen molar-refractivity contribution in [3.63, 3.8) is 0 Å². The van der Waals surface area contributed by atoms with E-state index in [1.54, 1.807) is 0 Å². The van der Waals surface area contributed by atoms with Crippen LogP contribution in [-0.2, 0) is 11.3 Å². The van der Waals surface area contributed by atoms with E-state index in [0.717, 1.165) is 37.9 Å². The van der Waals surface area contributed by atoms with Gasteiger partial charge < -0.3 is 15.0 Å². The molecule has 1 saturated carbocycles. The first-order chi connectivity index (χ1) is 9.74. The van der Waals surface area contributed by atoms with E-state index in [1.807, 2.05) is 6.92 Å². The van der Waals surface area contributed by atoms with Crippen LogP contribution in [0.3, 0.4) is 0 Å². The highest BCUT2D eigenvalue weighted by atomic mass is 35.5. The number of nitrogens with one attached hydrogen (secondary N) is 1. The first-order valence-corrected chi connectivity index (χ1v) is 7.96. The summed E-state index contributed by atoms with van der Waals surface area (Å²) in [4.78, 5) is 2.29. The molecule has 1 aliphatic rings. The molecule has 1 aromatic rings. The highest BCUT2D eigenvalue weighted by Gasteiger charge is 2.20. The van der Waals surface area contributed by atoms with Crippen molar-refractivity contribution in [1.82, 2.24) is 5.32 Å². The fourth-order valence-electron chi connectivity index (χ4n) is 2.21. The quantitative estimate of drug-likeness (QED) is 0.706. The molecule has 0 aliphatic heterocycles. The second-order valence-corrected chi connectivity index (χ2v) is 5.61. The van der Waals surface area contributed by atoms with Crippen LogP contribution in [0, 0.1) is 0 Å². The van der Waals surface area contributed by atoms with Crippen molar-refractivity contribution >= 4 is 17.3 Å². The molecule has 0 atom stereocenters. The summed E-state index contributed by atoms with van der Waals surface area (Å²) in [6, 6.07) is 7.08. The predicted molar refractivity (Wildman–Crippen MR) is 85.7 cm³/mol. The van der Waals surface area contributed by atoms with Crippen molar-refractivity contribution in [1.29, 1.82) is 0 Å². The number of halogens is 1. The molecule has 0 spiro atoms. The van der Waals surface area contributed by atoms with E-state index in [1.165, 1.54) is 24.1 Å². The van der Waals surface area contributed by atoms with Crippen LogP contribution < -0.4 is 10.2 Å². The van der Waals surface area contributed by atoms with Crippen molar-refractivity contribution in [2.24, 2.45) is 0 Å². The first kappa shape index (κ1) is 15.6. The lowest BCUT2D eigenvalue weighted by Gasteiger charge is -2.23. The number of anilines is 1. The van der Waals surface area contributed by atoms with E-state index >= 15 is 0 Å².